The molecule has 3 rings (SSSR count). The molecule has 8 heteroatoms. The van der Waals surface area contributed by atoms with E-state index in [9.17, 15) is 4.39 Å². The molecule has 21 heavy (non-hydrogen) atoms. The van der Waals surface area contributed by atoms with Crippen LogP contribution >= 0.6 is 43.2 Å². The molecule has 3 heterocycles. The molecule has 4 nitrogen and oxygen atoms in total. The van der Waals surface area contributed by atoms with Crippen molar-refractivity contribution < 1.29 is 4.39 Å². The maximum atomic E-state index is 13.6. The van der Waals surface area contributed by atoms with Gasteiger partial charge in [0.25, 0.3) is 0 Å². The predicted octanol–water partition coefficient (Wildman–Crippen LogP) is 4.51. The topological polar surface area (TPSA) is 64.7 Å². The van der Waals surface area contributed by atoms with Crippen LogP contribution in [0.1, 0.15) is 0 Å². The Morgan fingerprint density at radius 2 is 1.90 bits per heavy atom. The van der Waals surface area contributed by atoms with Gasteiger partial charge in [0.15, 0.2) is 0 Å². The Balaban J connectivity index is 2.22. The number of nitrogens with zero attached hydrogens (tertiary/aromatic N) is 3. The van der Waals surface area contributed by atoms with Gasteiger partial charge in [-0.1, -0.05) is 0 Å². The molecule has 3 aromatic heterocycles. The van der Waals surface area contributed by atoms with Gasteiger partial charge in [-0.3, -0.25) is 0 Å². The van der Waals surface area contributed by atoms with Crippen LogP contribution in [-0.2, 0) is 0 Å². The second-order valence-corrected chi connectivity index (χ2v) is 6.59. The summed E-state index contributed by atoms with van der Waals surface area (Å²) in [6.45, 7) is 0. The lowest BCUT2D eigenvalue weighted by Gasteiger charge is -2.09. The van der Waals surface area contributed by atoms with Crippen molar-refractivity contribution in [2.45, 2.75) is 0 Å². The van der Waals surface area contributed by atoms with Crippen LogP contribution < -0.4 is 5.73 Å². The molecule has 0 fully saturated rings. The minimum atomic E-state index is -0.404. The Morgan fingerprint density at radius 1 is 1.10 bits per heavy atom. The minimum absolute atomic E-state index is 0.388. The van der Waals surface area contributed by atoms with Gasteiger partial charge < -0.3 is 5.73 Å². The second kappa shape index (κ2) is 5.78. The molecule has 0 aliphatic carbocycles. The molecule has 2 N–H and O–H groups in total. The molecular formula is C13H7Br2FN4S. The smallest absolute Gasteiger partial charge is 0.141 e. The minimum Gasteiger partial charge on any atom is -0.398 e. The fourth-order valence-electron chi connectivity index (χ4n) is 1.77. The molecule has 106 valence electrons. The van der Waals surface area contributed by atoms with Crippen molar-refractivity contribution in [3.05, 3.63) is 44.7 Å². The first kappa shape index (κ1) is 14.6. The van der Waals surface area contributed by atoms with Gasteiger partial charge in [0.05, 0.1) is 15.9 Å². The lowest BCUT2D eigenvalue weighted by atomic mass is 10.2. The molecule has 0 aliphatic heterocycles. The number of hydrogen-bond acceptors (Lipinski definition) is 5. The number of anilines is 1. The van der Waals surface area contributed by atoms with Crippen molar-refractivity contribution in [3.63, 3.8) is 0 Å². The average Bonchev–Trinajstić information content (AvgIpc) is 2.94. The highest BCUT2D eigenvalue weighted by atomic mass is 79.9. The SMILES string of the molecule is Nc1cc(-c2nccs2)nc(-c2cc(F)cc(Br)n2)c1Br. The molecule has 0 aromatic carbocycles. The van der Waals surface area contributed by atoms with E-state index in [1.807, 2.05) is 5.38 Å². The Morgan fingerprint density at radius 3 is 2.57 bits per heavy atom. The third-order valence-corrected chi connectivity index (χ3v) is 4.67. The number of pyridine rings is 2. The van der Waals surface area contributed by atoms with Gasteiger partial charge in [-0.25, -0.2) is 19.3 Å². The van der Waals surface area contributed by atoms with Crippen molar-refractivity contribution in [2.24, 2.45) is 0 Å². The van der Waals surface area contributed by atoms with Crippen molar-refractivity contribution in [1.29, 1.82) is 0 Å². The third-order valence-electron chi connectivity index (χ3n) is 2.64. The van der Waals surface area contributed by atoms with Gasteiger partial charge >= 0.3 is 0 Å². The summed E-state index contributed by atoms with van der Waals surface area (Å²) in [6, 6.07) is 4.31. The molecule has 0 aliphatic rings. The zero-order valence-electron chi connectivity index (χ0n) is 10.3. The van der Waals surface area contributed by atoms with Gasteiger partial charge in [-0.15, -0.1) is 11.3 Å². The largest absolute Gasteiger partial charge is 0.398 e. The fraction of sp³-hybridized carbons (Fsp3) is 0. The number of nitrogens with two attached hydrogens (primary N) is 1. The maximum absolute atomic E-state index is 13.6. The van der Waals surface area contributed by atoms with E-state index in [1.165, 1.54) is 23.5 Å². The number of nitrogen functional groups attached to an aromatic ring is 1. The predicted molar refractivity (Wildman–Crippen MR) is 88.3 cm³/mol. The fourth-order valence-corrected chi connectivity index (χ4v) is 3.18. The van der Waals surface area contributed by atoms with E-state index in [0.29, 0.717) is 31.8 Å². The van der Waals surface area contributed by atoms with E-state index >= 15 is 0 Å². The zero-order chi connectivity index (χ0) is 15.0. The van der Waals surface area contributed by atoms with Crippen LogP contribution in [0.5, 0.6) is 0 Å². The standard InChI is InChI=1S/C13H7Br2FN4S/c14-10-4-6(16)3-8(19-10)12-11(15)7(17)5-9(20-12)13-18-1-2-21-13/h1-5H,(H2,17,20). The first-order valence-corrected chi connectivity index (χ1v) is 8.20. The molecule has 0 amide bonds. The molecule has 0 spiro atoms. The highest BCUT2D eigenvalue weighted by Crippen LogP contribution is 2.34. The number of halogens is 3. The van der Waals surface area contributed by atoms with E-state index in [-0.39, 0.29) is 0 Å². The van der Waals surface area contributed by atoms with Gasteiger partial charge in [-0.2, -0.15) is 0 Å². The number of aromatic nitrogens is 3. The van der Waals surface area contributed by atoms with E-state index in [2.05, 4.69) is 46.8 Å². The van der Waals surface area contributed by atoms with Gasteiger partial charge in [0.2, 0.25) is 0 Å². The average molecular weight is 430 g/mol. The lowest BCUT2D eigenvalue weighted by molar-refractivity contribution is 0.625. The summed E-state index contributed by atoms with van der Waals surface area (Å²) in [5.41, 5.74) is 7.98. The molecule has 0 atom stereocenters. The quantitative estimate of drug-likeness (QED) is 0.608. The molecule has 0 saturated heterocycles. The first-order valence-electron chi connectivity index (χ1n) is 5.74. The van der Waals surface area contributed by atoms with Crippen LogP contribution in [0.25, 0.3) is 22.1 Å². The highest BCUT2D eigenvalue weighted by Gasteiger charge is 2.15. The summed E-state index contributed by atoms with van der Waals surface area (Å²) in [6.07, 6.45) is 1.69. The normalized spacial score (nSPS) is 10.8. The Kier molecular flexibility index (Phi) is 4.01. The molecule has 0 bridgehead atoms. The molecular weight excluding hydrogens is 423 g/mol. The summed E-state index contributed by atoms with van der Waals surface area (Å²) < 4.78 is 14.5. The maximum Gasteiger partial charge on any atom is 0.141 e. The van der Waals surface area contributed by atoms with E-state index in [0.717, 1.165) is 5.01 Å². The van der Waals surface area contributed by atoms with Crippen molar-refractivity contribution >= 4 is 48.9 Å². The van der Waals surface area contributed by atoms with Crippen LogP contribution in [-0.4, -0.2) is 15.0 Å². The van der Waals surface area contributed by atoms with Crippen LogP contribution in [0.4, 0.5) is 10.1 Å². The zero-order valence-corrected chi connectivity index (χ0v) is 14.3. The number of hydrogen-bond donors (Lipinski definition) is 1. The number of thiazole rings is 1. The Bertz CT molecular complexity index is 788. The summed E-state index contributed by atoms with van der Waals surface area (Å²) >= 11 is 8.01. The van der Waals surface area contributed by atoms with Crippen molar-refractivity contribution in [3.8, 4) is 22.1 Å². The summed E-state index contributed by atoms with van der Waals surface area (Å²) in [7, 11) is 0. The highest BCUT2D eigenvalue weighted by molar-refractivity contribution is 9.11. The van der Waals surface area contributed by atoms with E-state index < -0.39 is 5.82 Å². The Labute approximate surface area is 140 Å². The van der Waals surface area contributed by atoms with Crippen LogP contribution in [0, 0.1) is 5.82 Å². The van der Waals surface area contributed by atoms with Gasteiger partial charge in [-0.05, 0) is 37.9 Å². The van der Waals surface area contributed by atoms with Crippen molar-refractivity contribution in [1.82, 2.24) is 15.0 Å². The molecule has 0 unspecified atom stereocenters. The second-order valence-electron chi connectivity index (χ2n) is 4.09. The summed E-state index contributed by atoms with van der Waals surface area (Å²) in [4.78, 5) is 12.9. The van der Waals surface area contributed by atoms with Gasteiger partial charge in [0.1, 0.15) is 26.8 Å². The lowest BCUT2D eigenvalue weighted by Crippen LogP contribution is -1.98. The van der Waals surface area contributed by atoms with E-state index in [1.54, 1.807) is 12.3 Å². The summed E-state index contributed by atoms with van der Waals surface area (Å²) in [5, 5.41) is 2.59. The van der Waals surface area contributed by atoms with Crippen molar-refractivity contribution in [2.75, 3.05) is 5.73 Å². The molecule has 0 radical (unpaired) electrons. The van der Waals surface area contributed by atoms with E-state index in [4.69, 9.17) is 5.73 Å². The monoisotopic (exact) mass is 428 g/mol. The Hall–Kier alpha value is -1.38. The molecule has 0 saturated carbocycles. The summed E-state index contributed by atoms with van der Waals surface area (Å²) in [5.74, 6) is -0.404. The van der Waals surface area contributed by atoms with Crippen LogP contribution in [0.2, 0.25) is 0 Å². The first-order chi connectivity index (χ1) is 10.0. The third kappa shape index (κ3) is 2.97. The van der Waals surface area contributed by atoms with Crippen LogP contribution in [0.15, 0.2) is 38.9 Å². The molecule has 3 aromatic rings. The number of rotatable bonds is 2. The van der Waals surface area contributed by atoms with Crippen LogP contribution in [0.3, 0.4) is 0 Å². The van der Waals surface area contributed by atoms with Gasteiger partial charge in [0, 0.05) is 23.7 Å².